The molecule has 0 aromatic heterocycles. The molecule has 0 atom stereocenters. The van der Waals surface area contributed by atoms with Gasteiger partial charge < -0.3 is 9.47 Å². The number of carbonyl (C=O) groups excluding carboxylic acids is 1. The van der Waals surface area contributed by atoms with Crippen molar-refractivity contribution in [1.82, 2.24) is 4.72 Å². The maximum absolute atomic E-state index is 12.5. The van der Waals surface area contributed by atoms with Crippen molar-refractivity contribution in [1.29, 1.82) is 0 Å². The molecule has 0 heterocycles. The van der Waals surface area contributed by atoms with E-state index in [4.69, 9.17) is 9.47 Å². The fourth-order valence-electron chi connectivity index (χ4n) is 3.01. The average Bonchev–Trinajstić information content (AvgIpc) is 2.56. The van der Waals surface area contributed by atoms with Gasteiger partial charge in [0.25, 0.3) is 0 Å². The van der Waals surface area contributed by atoms with Crippen LogP contribution in [0.5, 0.6) is 5.75 Å². The van der Waals surface area contributed by atoms with Crippen LogP contribution in [0.1, 0.15) is 38.2 Å². The zero-order valence-corrected chi connectivity index (χ0v) is 15.2. The van der Waals surface area contributed by atoms with Crippen LogP contribution in [0.2, 0.25) is 0 Å². The smallest absolute Gasteiger partial charge is 0.308 e. The minimum atomic E-state index is -3.58. The fraction of sp³-hybridized carbons (Fsp3) is 0.588. The van der Waals surface area contributed by atoms with E-state index in [1.807, 2.05) is 13.8 Å². The van der Waals surface area contributed by atoms with E-state index in [9.17, 15) is 13.2 Å². The van der Waals surface area contributed by atoms with Crippen molar-refractivity contribution >= 4 is 16.0 Å². The van der Waals surface area contributed by atoms with Gasteiger partial charge in [0.2, 0.25) is 10.0 Å². The van der Waals surface area contributed by atoms with Gasteiger partial charge in [-0.1, -0.05) is 0 Å². The molecular weight excluding hydrogens is 330 g/mol. The molecule has 0 unspecified atom stereocenters. The number of esters is 1. The maximum Gasteiger partial charge on any atom is 0.308 e. The van der Waals surface area contributed by atoms with Gasteiger partial charge in [-0.15, -0.1) is 0 Å². The second-order valence-corrected chi connectivity index (χ2v) is 7.77. The van der Waals surface area contributed by atoms with E-state index >= 15 is 0 Å². The van der Waals surface area contributed by atoms with Crippen molar-refractivity contribution < 1.29 is 22.7 Å². The molecule has 1 saturated carbocycles. The summed E-state index contributed by atoms with van der Waals surface area (Å²) in [6.45, 7) is 4.25. The van der Waals surface area contributed by atoms with Crippen LogP contribution in [0.25, 0.3) is 0 Å². The minimum Gasteiger partial charge on any atom is -0.494 e. The molecule has 1 aliphatic carbocycles. The lowest BCUT2D eigenvalue weighted by Gasteiger charge is -2.27. The summed E-state index contributed by atoms with van der Waals surface area (Å²) in [5.74, 6) is 0.358. The number of carbonyl (C=O) groups is 1. The highest BCUT2D eigenvalue weighted by Gasteiger charge is 2.29. The summed E-state index contributed by atoms with van der Waals surface area (Å²) in [5, 5.41) is 0. The van der Waals surface area contributed by atoms with E-state index in [2.05, 4.69) is 4.72 Å². The monoisotopic (exact) mass is 355 g/mol. The number of hydrogen-bond donors (Lipinski definition) is 1. The van der Waals surface area contributed by atoms with Crippen LogP contribution >= 0.6 is 0 Å². The summed E-state index contributed by atoms with van der Waals surface area (Å²) < 4.78 is 38.0. The van der Waals surface area contributed by atoms with Gasteiger partial charge in [-0.05, 0) is 63.3 Å². The molecule has 7 heteroatoms. The predicted octanol–water partition coefficient (Wildman–Crippen LogP) is 2.40. The summed E-state index contributed by atoms with van der Waals surface area (Å²) >= 11 is 0. The number of sulfonamides is 1. The number of aryl methyl sites for hydroxylation is 1. The Kier molecular flexibility index (Phi) is 6.23. The molecule has 0 saturated heterocycles. The Balaban J connectivity index is 2.02. The molecule has 0 radical (unpaired) electrons. The molecule has 0 bridgehead atoms. The summed E-state index contributed by atoms with van der Waals surface area (Å²) in [4.78, 5) is 11.8. The largest absolute Gasteiger partial charge is 0.494 e. The zero-order chi connectivity index (χ0) is 17.7. The highest BCUT2D eigenvalue weighted by atomic mass is 32.2. The van der Waals surface area contributed by atoms with E-state index in [1.54, 1.807) is 18.2 Å². The lowest BCUT2D eigenvalue weighted by Crippen LogP contribution is -2.38. The van der Waals surface area contributed by atoms with Crippen molar-refractivity contribution in [2.75, 3.05) is 13.7 Å². The summed E-state index contributed by atoms with van der Waals surface area (Å²) in [6, 6.07) is 4.71. The SMILES string of the molecule is CCOc1ccc(S(=O)(=O)NC2CCC(C(=O)OC)CC2)cc1C. The Morgan fingerprint density at radius 3 is 2.46 bits per heavy atom. The molecule has 134 valence electrons. The second-order valence-electron chi connectivity index (χ2n) is 6.05. The quantitative estimate of drug-likeness (QED) is 0.793. The van der Waals surface area contributed by atoms with Crippen LogP contribution in [-0.4, -0.2) is 34.1 Å². The fourth-order valence-corrected chi connectivity index (χ4v) is 4.40. The standard InChI is InChI=1S/C17H25NO5S/c1-4-23-16-10-9-15(11-12(16)2)24(20,21)18-14-7-5-13(6-8-14)17(19)22-3/h9-11,13-14,18H,4-8H2,1-3H3. The minimum absolute atomic E-state index is 0.122. The van der Waals surface area contributed by atoms with Crippen molar-refractivity contribution in [2.45, 2.75) is 50.5 Å². The van der Waals surface area contributed by atoms with Gasteiger partial charge in [-0.3, -0.25) is 4.79 Å². The first kappa shape index (κ1) is 18.7. The normalized spacial score (nSPS) is 21.3. The zero-order valence-electron chi connectivity index (χ0n) is 14.4. The van der Waals surface area contributed by atoms with Gasteiger partial charge in [0.05, 0.1) is 24.5 Å². The molecule has 2 rings (SSSR count). The number of ether oxygens (including phenoxy) is 2. The first-order valence-corrected chi connectivity index (χ1v) is 9.69. The number of benzene rings is 1. The molecule has 24 heavy (non-hydrogen) atoms. The molecule has 1 aliphatic rings. The highest BCUT2D eigenvalue weighted by Crippen LogP contribution is 2.27. The molecule has 6 nitrogen and oxygen atoms in total. The first-order chi connectivity index (χ1) is 11.4. The van der Waals surface area contributed by atoms with E-state index < -0.39 is 10.0 Å². The molecule has 0 amide bonds. The maximum atomic E-state index is 12.5. The summed E-state index contributed by atoms with van der Waals surface area (Å²) in [7, 11) is -2.20. The Labute approximate surface area is 143 Å². The topological polar surface area (TPSA) is 81.7 Å². The summed E-state index contributed by atoms with van der Waals surface area (Å²) in [6.07, 6.45) is 2.55. The van der Waals surface area contributed by atoms with E-state index in [1.165, 1.54) is 7.11 Å². The van der Waals surface area contributed by atoms with Crippen LogP contribution in [0.3, 0.4) is 0 Å². The van der Waals surface area contributed by atoms with Crippen LogP contribution in [-0.2, 0) is 19.6 Å². The molecule has 1 N–H and O–H groups in total. The Morgan fingerprint density at radius 1 is 1.25 bits per heavy atom. The molecule has 1 fully saturated rings. The van der Waals surface area contributed by atoms with Gasteiger partial charge in [0.1, 0.15) is 5.75 Å². The number of hydrogen-bond acceptors (Lipinski definition) is 5. The molecule has 1 aromatic rings. The number of rotatable bonds is 6. The Morgan fingerprint density at radius 2 is 1.92 bits per heavy atom. The van der Waals surface area contributed by atoms with Crippen molar-refractivity contribution in [2.24, 2.45) is 5.92 Å². The number of methoxy groups -OCH3 is 1. The predicted molar refractivity (Wildman–Crippen MR) is 90.4 cm³/mol. The van der Waals surface area contributed by atoms with Crippen molar-refractivity contribution in [3.8, 4) is 5.75 Å². The van der Waals surface area contributed by atoms with Crippen LogP contribution in [0.4, 0.5) is 0 Å². The molecule has 0 spiro atoms. The van der Waals surface area contributed by atoms with Crippen molar-refractivity contribution in [3.63, 3.8) is 0 Å². The number of nitrogens with one attached hydrogen (secondary N) is 1. The van der Waals surface area contributed by atoms with Gasteiger partial charge >= 0.3 is 5.97 Å². The van der Waals surface area contributed by atoms with Gasteiger partial charge in [-0.25, -0.2) is 13.1 Å². The lowest BCUT2D eigenvalue weighted by atomic mass is 9.86. The van der Waals surface area contributed by atoms with Gasteiger partial charge in [0.15, 0.2) is 0 Å². The van der Waals surface area contributed by atoms with E-state index in [-0.39, 0.29) is 22.8 Å². The van der Waals surface area contributed by atoms with Crippen LogP contribution in [0.15, 0.2) is 23.1 Å². The van der Waals surface area contributed by atoms with Gasteiger partial charge in [0, 0.05) is 6.04 Å². The lowest BCUT2D eigenvalue weighted by molar-refractivity contribution is -0.146. The molecule has 0 aliphatic heterocycles. The summed E-state index contributed by atoms with van der Waals surface area (Å²) in [5.41, 5.74) is 0.786. The Bertz CT molecular complexity index is 678. The molecule has 1 aromatic carbocycles. The van der Waals surface area contributed by atoms with Crippen LogP contribution < -0.4 is 9.46 Å². The van der Waals surface area contributed by atoms with E-state index in [0.717, 1.165) is 5.56 Å². The average molecular weight is 355 g/mol. The Hall–Kier alpha value is -1.60. The third-order valence-corrected chi connectivity index (χ3v) is 5.86. The van der Waals surface area contributed by atoms with Gasteiger partial charge in [-0.2, -0.15) is 0 Å². The van der Waals surface area contributed by atoms with Crippen LogP contribution in [0, 0.1) is 12.8 Å². The molecular formula is C17H25NO5S. The second kappa shape index (κ2) is 7.98. The van der Waals surface area contributed by atoms with Crippen molar-refractivity contribution in [3.05, 3.63) is 23.8 Å². The highest BCUT2D eigenvalue weighted by molar-refractivity contribution is 7.89. The first-order valence-electron chi connectivity index (χ1n) is 8.21. The third kappa shape index (κ3) is 4.48. The third-order valence-electron chi connectivity index (χ3n) is 4.34. The van der Waals surface area contributed by atoms with E-state index in [0.29, 0.717) is 38.0 Å².